The van der Waals surface area contributed by atoms with Crippen molar-refractivity contribution in [2.45, 2.75) is 53.4 Å². The summed E-state index contributed by atoms with van der Waals surface area (Å²) in [5.41, 5.74) is 0.679. The van der Waals surface area contributed by atoms with Crippen LogP contribution in [0.5, 0.6) is 0 Å². The molecular formula is C11H22. The maximum absolute atomic E-state index is 2.39. The van der Waals surface area contributed by atoms with Crippen molar-refractivity contribution in [3.8, 4) is 0 Å². The molecule has 0 bridgehead atoms. The molecule has 0 radical (unpaired) electrons. The van der Waals surface area contributed by atoms with Crippen LogP contribution in [0.3, 0.4) is 0 Å². The van der Waals surface area contributed by atoms with Crippen molar-refractivity contribution >= 4 is 0 Å². The van der Waals surface area contributed by atoms with Crippen molar-refractivity contribution < 1.29 is 0 Å². The summed E-state index contributed by atoms with van der Waals surface area (Å²) in [6.07, 6.45) is 5.77. The Morgan fingerprint density at radius 2 is 1.91 bits per heavy atom. The van der Waals surface area contributed by atoms with Crippen LogP contribution in [0.1, 0.15) is 53.4 Å². The second-order valence-corrected chi connectivity index (χ2v) is 5.19. The predicted octanol–water partition coefficient (Wildman–Crippen LogP) is 3.86. The molecule has 11 heavy (non-hydrogen) atoms. The summed E-state index contributed by atoms with van der Waals surface area (Å²) in [5, 5.41) is 0. The second kappa shape index (κ2) is 3.16. The van der Waals surface area contributed by atoms with Gasteiger partial charge in [0.2, 0.25) is 0 Å². The zero-order valence-corrected chi connectivity index (χ0v) is 8.48. The molecule has 0 heteroatoms. The van der Waals surface area contributed by atoms with E-state index in [2.05, 4.69) is 27.7 Å². The summed E-state index contributed by atoms with van der Waals surface area (Å²) in [5.74, 6) is 2.01. The Morgan fingerprint density at radius 1 is 1.36 bits per heavy atom. The van der Waals surface area contributed by atoms with Gasteiger partial charge in [0.25, 0.3) is 0 Å². The Morgan fingerprint density at radius 3 is 2.27 bits per heavy atom. The third kappa shape index (κ3) is 2.50. The van der Waals surface area contributed by atoms with Gasteiger partial charge in [-0.2, -0.15) is 0 Å². The lowest BCUT2D eigenvalue weighted by molar-refractivity contribution is 0.0774. The van der Waals surface area contributed by atoms with Crippen molar-refractivity contribution in [3.63, 3.8) is 0 Å². The van der Waals surface area contributed by atoms with Gasteiger partial charge < -0.3 is 0 Å². The summed E-state index contributed by atoms with van der Waals surface area (Å²) < 4.78 is 0. The molecule has 66 valence electrons. The molecule has 0 saturated heterocycles. The number of rotatable bonds is 3. The lowest BCUT2D eigenvalue weighted by atomic mass is 9.62. The summed E-state index contributed by atoms with van der Waals surface area (Å²) >= 11 is 0. The van der Waals surface area contributed by atoms with Crippen LogP contribution in [-0.4, -0.2) is 0 Å². The Bertz CT molecular complexity index is 116. The topological polar surface area (TPSA) is 0 Å². The first-order chi connectivity index (χ1) is 5.03. The van der Waals surface area contributed by atoms with E-state index in [0.717, 1.165) is 11.8 Å². The Hall–Kier alpha value is 0. The minimum Gasteiger partial charge on any atom is -0.0651 e. The maximum atomic E-state index is 2.39. The van der Waals surface area contributed by atoms with Crippen LogP contribution < -0.4 is 0 Å². The van der Waals surface area contributed by atoms with Gasteiger partial charge in [-0.3, -0.25) is 0 Å². The van der Waals surface area contributed by atoms with E-state index in [4.69, 9.17) is 0 Å². The molecular weight excluding hydrogens is 132 g/mol. The third-order valence-electron chi connectivity index (χ3n) is 3.12. The highest BCUT2D eigenvalue weighted by molar-refractivity contribution is 4.87. The molecule has 1 saturated carbocycles. The molecule has 0 aromatic carbocycles. The van der Waals surface area contributed by atoms with Gasteiger partial charge >= 0.3 is 0 Å². The van der Waals surface area contributed by atoms with E-state index in [-0.39, 0.29) is 0 Å². The van der Waals surface area contributed by atoms with E-state index >= 15 is 0 Å². The van der Waals surface area contributed by atoms with E-state index in [1.165, 1.54) is 25.7 Å². The first-order valence-electron chi connectivity index (χ1n) is 5.03. The van der Waals surface area contributed by atoms with Crippen LogP contribution >= 0.6 is 0 Å². The van der Waals surface area contributed by atoms with Gasteiger partial charge in [-0.15, -0.1) is 0 Å². The molecule has 1 aliphatic carbocycles. The van der Waals surface area contributed by atoms with E-state index in [9.17, 15) is 0 Å². The summed E-state index contributed by atoms with van der Waals surface area (Å²) in [7, 11) is 0. The molecule has 0 amide bonds. The van der Waals surface area contributed by atoms with Gasteiger partial charge in [-0.05, 0) is 36.5 Å². The van der Waals surface area contributed by atoms with E-state index in [0.29, 0.717) is 5.41 Å². The van der Waals surface area contributed by atoms with Gasteiger partial charge in [0.1, 0.15) is 0 Å². The molecule has 0 nitrogen and oxygen atoms in total. The smallest absolute Gasteiger partial charge is 0.0349 e. The average molecular weight is 154 g/mol. The van der Waals surface area contributed by atoms with Crippen LogP contribution in [0.2, 0.25) is 0 Å². The van der Waals surface area contributed by atoms with Crippen molar-refractivity contribution in [2.24, 2.45) is 17.3 Å². The molecule has 0 aliphatic heterocycles. The van der Waals surface area contributed by atoms with Gasteiger partial charge in [0.15, 0.2) is 0 Å². The predicted molar refractivity (Wildman–Crippen MR) is 50.6 cm³/mol. The summed E-state index contributed by atoms with van der Waals surface area (Å²) in [4.78, 5) is 0. The van der Waals surface area contributed by atoms with Gasteiger partial charge in [-0.25, -0.2) is 0 Å². The average Bonchev–Trinajstić information content (AvgIpc) is 1.83. The first kappa shape index (κ1) is 9.09. The van der Waals surface area contributed by atoms with E-state index in [1.807, 2.05) is 0 Å². The largest absolute Gasteiger partial charge is 0.0651 e. The van der Waals surface area contributed by atoms with Crippen LogP contribution in [0.25, 0.3) is 0 Å². The van der Waals surface area contributed by atoms with Gasteiger partial charge in [-0.1, -0.05) is 34.1 Å². The summed E-state index contributed by atoms with van der Waals surface area (Å²) in [6, 6.07) is 0. The zero-order chi connectivity index (χ0) is 8.48. The fourth-order valence-electron chi connectivity index (χ4n) is 2.41. The molecule has 1 unspecified atom stereocenters. The Kier molecular flexibility index (Phi) is 2.61. The standard InChI is InChI=1S/C11H22/c1-5-9(2)6-10-7-11(3,4)8-10/h9-10H,5-8H2,1-4H3. The molecule has 0 aromatic heterocycles. The molecule has 0 aromatic rings. The lowest BCUT2D eigenvalue weighted by Crippen LogP contribution is -2.32. The highest BCUT2D eigenvalue weighted by Gasteiger charge is 2.35. The van der Waals surface area contributed by atoms with Crippen molar-refractivity contribution in [2.75, 3.05) is 0 Å². The van der Waals surface area contributed by atoms with Crippen LogP contribution in [0.15, 0.2) is 0 Å². The molecule has 0 spiro atoms. The third-order valence-corrected chi connectivity index (χ3v) is 3.12. The van der Waals surface area contributed by atoms with Crippen molar-refractivity contribution in [1.29, 1.82) is 0 Å². The normalized spacial score (nSPS) is 26.2. The van der Waals surface area contributed by atoms with E-state index < -0.39 is 0 Å². The van der Waals surface area contributed by atoms with E-state index in [1.54, 1.807) is 0 Å². The summed E-state index contributed by atoms with van der Waals surface area (Å²) in [6.45, 7) is 9.46. The molecule has 0 heterocycles. The highest BCUT2D eigenvalue weighted by atomic mass is 14.4. The minimum absolute atomic E-state index is 0.679. The fourth-order valence-corrected chi connectivity index (χ4v) is 2.41. The van der Waals surface area contributed by atoms with Gasteiger partial charge in [0, 0.05) is 0 Å². The first-order valence-corrected chi connectivity index (χ1v) is 5.03. The minimum atomic E-state index is 0.679. The number of hydrogen-bond donors (Lipinski definition) is 0. The maximum Gasteiger partial charge on any atom is -0.0349 e. The molecule has 1 aliphatic rings. The molecule has 1 rings (SSSR count). The molecule has 1 fully saturated rings. The quantitative estimate of drug-likeness (QED) is 0.579. The Balaban J connectivity index is 2.13. The fraction of sp³-hybridized carbons (Fsp3) is 1.00. The highest BCUT2D eigenvalue weighted by Crippen LogP contribution is 2.47. The molecule has 1 atom stereocenters. The van der Waals surface area contributed by atoms with Crippen molar-refractivity contribution in [1.82, 2.24) is 0 Å². The lowest BCUT2D eigenvalue weighted by Gasteiger charge is -2.43. The van der Waals surface area contributed by atoms with Gasteiger partial charge in [0.05, 0.1) is 0 Å². The van der Waals surface area contributed by atoms with Crippen molar-refractivity contribution in [3.05, 3.63) is 0 Å². The van der Waals surface area contributed by atoms with Crippen LogP contribution in [-0.2, 0) is 0 Å². The Labute approximate surface area is 71.4 Å². The monoisotopic (exact) mass is 154 g/mol. The SMILES string of the molecule is CCC(C)CC1CC(C)(C)C1. The zero-order valence-electron chi connectivity index (χ0n) is 8.48. The second-order valence-electron chi connectivity index (χ2n) is 5.19. The molecule has 0 N–H and O–H groups in total. The van der Waals surface area contributed by atoms with Crippen LogP contribution in [0, 0.1) is 17.3 Å². The van der Waals surface area contributed by atoms with Crippen LogP contribution in [0.4, 0.5) is 0 Å². The number of hydrogen-bond acceptors (Lipinski definition) is 0.